The number of carbonyl (C=O) groups is 1. The summed E-state index contributed by atoms with van der Waals surface area (Å²) < 4.78 is 10.9. The predicted octanol–water partition coefficient (Wildman–Crippen LogP) is 3.05. The summed E-state index contributed by atoms with van der Waals surface area (Å²) in [6.07, 6.45) is 6.86. The predicted molar refractivity (Wildman–Crippen MR) is 116 cm³/mol. The van der Waals surface area contributed by atoms with Crippen LogP contribution in [0.4, 0.5) is 10.5 Å². The van der Waals surface area contributed by atoms with Crippen LogP contribution in [0.15, 0.2) is 35.2 Å². The van der Waals surface area contributed by atoms with Gasteiger partial charge in [-0.25, -0.2) is 14.1 Å². The molecule has 6 nitrogen and oxygen atoms in total. The summed E-state index contributed by atoms with van der Waals surface area (Å²) in [5.41, 5.74) is 11.6. The van der Waals surface area contributed by atoms with Crippen molar-refractivity contribution in [3.63, 3.8) is 0 Å². The fourth-order valence-electron chi connectivity index (χ4n) is 4.09. The molecular weight excluding hydrogens is 386 g/mol. The van der Waals surface area contributed by atoms with Crippen LogP contribution in [-0.4, -0.2) is 15.3 Å². The quantitative estimate of drug-likeness (QED) is 0.617. The number of carbonyl (C=O) groups excluding carboxylic acids is 1. The molecule has 2 aromatic rings. The van der Waals surface area contributed by atoms with Crippen molar-refractivity contribution in [2.75, 3.05) is 5.32 Å². The van der Waals surface area contributed by atoms with Crippen molar-refractivity contribution in [2.45, 2.75) is 62.9 Å². The number of aryl methyl sites for hydroxylation is 2. The highest BCUT2D eigenvalue weighted by molar-refractivity contribution is 7.82. The molecule has 4 rings (SSSR count). The summed E-state index contributed by atoms with van der Waals surface area (Å²) in [5.74, 6) is 0. The van der Waals surface area contributed by atoms with E-state index in [9.17, 15) is 14.1 Å². The van der Waals surface area contributed by atoms with Crippen LogP contribution >= 0.6 is 0 Å². The summed E-state index contributed by atoms with van der Waals surface area (Å²) >= 11 is 0. The molecule has 0 heterocycles. The van der Waals surface area contributed by atoms with Crippen molar-refractivity contribution < 1.29 is 14.1 Å². The number of hydrogen-bond donors (Lipinski definition) is 4. The normalized spacial score (nSPS) is 15.7. The molecule has 0 saturated carbocycles. The molecule has 2 aromatic carbocycles. The molecule has 6 N–H and O–H groups in total. The van der Waals surface area contributed by atoms with E-state index in [4.69, 9.17) is 10.9 Å². The first-order valence-corrected chi connectivity index (χ1v) is 11.1. The topological polar surface area (TPSA) is 118 Å². The Hall–Kier alpha value is -2.22. The molecule has 0 saturated heterocycles. The van der Waals surface area contributed by atoms with Crippen molar-refractivity contribution in [2.24, 2.45) is 10.9 Å². The van der Waals surface area contributed by atoms with E-state index in [0.29, 0.717) is 10.5 Å². The fraction of sp³-hybridized carbons (Fsp3) is 0.409. The summed E-state index contributed by atoms with van der Waals surface area (Å²) in [6, 6.07) is 8.73. The van der Waals surface area contributed by atoms with Gasteiger partial charge in [0, 0.05) is 5.69 Å². The average Bonchev–Trinajstić information content (AvgIpc) is 3.30. The Morgan fingerprint density at radius 3 is 2.14 bits per heavy atom. The Kier molecular flexibility index (Phi) is 6.41. The number of fused-ring (bicyclic) bond motifs is 2. The van der Waals surface area contributed by atoms with E-state index >= 15 is 0 Å². The Morgan fingerprint density at radius 2 is 1.66 bits per heavy atom. The van der Waals surface area contributed by atoms with E-state index in [1.807, 2.05) is 0 Å². The second kappa shape index (κ2) is 8.65. The molecule has 7 heteroatoms. The van der Waals surface area contributed by atoms with Crippen molar-refractivity contribution in [3.05, 3.63) is 58.1 Å². The number of rotatable bonds is 3. The van der Waals surface area contributed by atoms with Gasteiger partial charge < -0.3 is 16.2 Å². The monoisotopic (exact) mass is 415 g/mol. The largest absolute Gasteiger partial charge is 0.386 e. The molecule has 0 radical (unpaired) electrons. The number of amides is 2. The number of benzene rings is 2. The minimum absolute atomic E-state index is 0.436. The van der Waals surface area contributed by atoms with Crippen molar-refractivity contribution in [3.8, 4) is 0 Å². The standard InChI is InChI=1S/C13H16N2O.C9H13NO2S/c14-13(16)15-12-10-5-1-3-8(10)7-9-4-2-6-11(9)12;1-9(2,11)7-4-3-5-8(6-7)13(10)12/h7H,1-6H2,(H3,14,15,16);3-6,11H,10H2,1-2H3. The lowest BCUT2D eigenvalue weighted by Gasteiger charge is -2.17. The van der Waals surface area contributed by atoms with E-state index in [1.165, 1.54) is 35.1 Å². The number of nitrogens with one attached hydrogen (secondary N) is 1. The first-order chi connectivity index (χ1) is 13.7. The van der Waals surface area contributed by atoms with Crippen molar-refractivity contribution >= 4 is 22.7 Å². The SMILES string of the molecule is CC(C)(O)c1cccc(S(N)=O)c1.NC(=O)Nc1c2c(cc3c1CCC3)CCC2. The van der Waals surface area contributed by atoms with Crippen LogP contribution in [0.3, 0.4) is 0 Å². The molecule has 0 bridgehead atoms. The molecular formula is C22H29N3O3S. The average molecular weight is 416 g/mol. The third kappa shape index (κ3) is 5.04. The highest BCUT2D eigenvalue weighted by Crippen LogP contribution is 2.38. The maximum absolute atomic E-state index is 11.1. The lowest BCUT2D eigenvalue weighted by Crippen LogP contribution is -2.21. The van der Waals surface area contributed by atoms with Gasteiger partial charge in [-0.2, -0.15) is 0 Å². The van der Waals surface area contributed by atoms with E-state index in [-0.39, 0.29) is 0 Å². The smallest absolute Gasteiger partial charge is 0.316 e. The van der Waals surface area contributed by atoms with Gasteiger partial charge in [-0.05, 0) is 92.3 Å². The lowest BCUT2D eigenvalue weighted by molar-refractivity contribution is 0.0784. The Balaban J connectivity index is 0.000000170. The zero-order valence-corrected chi connectivity index (χ0v) is 17.8. The number of hydrogen-bond acceptors (Lipinski definition) is 3. The second-order valence-corrected chi connectivity index (χ2v) is 9.17. The van der Waals surface area contributed by atoms with Gasteiger partial charge in [0.2, 0.25) is 0 Å². The minimum atomic E-state index is -1.49. The highest BCUT2D eigenvalue weighted by Gasteiger charge is 2.24. The lowest BCUT2D eigenvalue weighted by atomic mass is 9.99. The van der Waals surface area contributed by atoms with Gasteiger partial charge >= 0.3 is 6.03 Å². The fourth-order valence-corrected chi connectivity index (χ4v) is 4.55. The molecule has 0 aliphatic heterocycles. The molecule has 1 unspecified atom stereocenters. The van der Waals surface area contributed by atoms with E-state index in [1.54, 1.807) is 38.1 Å². The number of primary amides is 1. The van der Waals surface area contributed by atoms with Gasteiger partial charge in [-0.3, -0.25) is 0 Å². The number of anilines is 1. The van der Waals surface area contributed by atoms with Crippen LogP contribution in [0.1, 0.15) is 54.5 Å². The number of urea groups is 1. The van der Waals surface area contributed by atoms with Gasteiger partial charge in [0.1, 0.15) is 11.0 Å². The number of aliphatic hydroxyl groups is 1. The Bertz CT molecular complexity index is 919. The summed E-state index contributed by atoms with van der Waals surface area (Å²) in [5, 5.41) is 17.7. The summed E-state index contributed by atoms with van der Waals surface area (Å²) in [7, 11) is -1.49. The first kappa shape index (κ1) is 21.5. The molecule has 0 fully saturated rings. The third-order valence-corrected chi connectivity index (χ3v) is 6.21. The van der Waals surface area contributed by atoms with Crippen LogP contribution < -0.4 is 16.2 Å². The van der Waals surface area contributed by atoms with Crippen LogP contribution in [0.25, 0.3) is 0 Å². The van der Waals surface area contributed by atoms with E-state index in [2.05, 4.69) is 11.4 Å². The molecule has 0 aromatic heterocycles. The first-order valence-electron chi connectivity index (χ1n) is 9.89. The van der Waals surface area contributed by atoms with Gasteiger partial charge in [0.05, 0.1) is 10.5 Å². The van der Waals surface area contributed by atoms with Crippen molar-refractivity contribution in [1.82, 2.24) is 0 Å². The van der Waals surface area contributed by atoms with Gasteiger partial charge in [-0.1, -0.05) is 18.2 Å². The summed E-state index contributed by atoms with van der Waals surface area (Å²) in [4.78, 5) is 11.6. The Morgan fingerprint density at radius 1 is 1.07 bits per heavy atom. The molecule has 2 aliphatic carbocycles. The third-order valence-electron chi connectivity index (χ3n) is 5.49. The van der Waals surface area contributed by atoms with Crippen LogP contribution in [0.5, 0.6) is 0 Å². The molecule has 2 aliphatic rings. The zero-order chi connectivity index (χ0) is 21.2. The molecule has 29 heavy (non-hydrogen) atoms. The number of nitrogens with two attached hydrogens (primary N) is 2. The van der Waals surface area contributed by atoms with Crippen LogP contribution in [0.2, 0.25) is 0 Å². The highest BCUT2D eigenvalue weighted by atomic mass is 32.2. The van der Waals surface area contributed by atoms with Crippen LogP contribution in [0, 0.1) is 0 Å². The van der Waals surface area contributed by atoms with E-state index < -0.39 is 22.6 Å². The van der Waals surface area contributed by atoms with Gasteiger partial charge in [0.25, 0.3) is 0 Å². The maximum Gasteiger partial charge on any atom is 0.316 e. The Labute approximate surface area is 174 Å². The van der Waals surface area contributed by atoms with E-state index in [0.717, 1.165) is 31.4 Å². The zero-order valence-electron chi connectivity index (χ0n) is 17.0. The van der Waals surface area contributed by atoms with Gasteiger partial charge in [-0.15, -0.1) is 0 Å². The molecule has 1 atom stereocenters. The summed E-state index contributed by atoms with van der Waals surface area (Å²) in [6.45, 7) is 3.34. The molecule has 156 valence electrons. The van der Waals surface area contributed by atoms with Gasteiger partial charge in [0.15, 0.2) is 0 Å². The van der Waals surface area contributed by atoms with Crippen LogP contribution in [-0.2, 0) is 42.3 Å². The minimum Gasteiger partial charge on any atom is -0.386 e. The molecule has 2 amide bonds. The molecule has 0 spiro atoms. The van der Waals surface area contributed by atoms with Crippen molar-refractivity contribution in [1.29, 1.82) is 0 Å². The maximum atomic E-state index is 11.1. The second-order valence-electron chi connectivity index (χ2n) is 8.11.